The van der Waals surface area contributed by atoms with E-state index in [0.29, 0.717) is 15.7 Å². The fourth-order valence-corrected chi connectivity index (χ4v) is 3.01. The van der Waals surface area contributed by atoms with Crippen molar-refractivity contribution in [3.8, 4) is 0 Å². The molecular formula is C17H11Cl3N2O3. The summed E-state index contributed by atoms with van der Waals surface area (Å²) < 4.78 is 0. The van der Waals surface area contributed by atoms with E-state index in [-0.39, 0.29) is 29.1 Å². The normalized spacial score (nSPS) is 13.2. The number of carbonyl (C=O) groups excluding carboxylic acids is 3. The molecule has 0 radical (unpaired) electrons. The molecule has 1 aliphatic rings. The zero-order valence-electron chi connectivity index (χ0n) is 12.7. The van der Waals surface area contributed by atoms with Crippen LogP contribution in [0.1, 0.15) is 27.1 Å². The van der Waals surface area contributed by atoms with Crippen molar-refractivity contribution in [2.24, 2.45) is 0 Å². The molecule has 1 heterocycles. The number of anilines is 1. The maximum absolute atomic E-state index is 12.3. The second-order valence-electron chi connectivity index (χ2n) is 5.35. The van der Waals surface area contributed by atoms with Gasteiger partial charge in [-0.1, -0.05) is 40.9 Å². The average Bonchev–Trinajstić information content (AvgIpc) is 2.80. The summed E-state index contributed by atoms with van der Waals surface area (Å²) in [7, 11) is 0. The first-order chi connectivity index (χ1) is 11.9. The molecule has 8 heteroatoms. The molecule has 1 N–H and O–H groups in total. The summed E-state index contributed by atoms with van der Waals surface area (Å²) in [6, 6.07) is 9.35. The minimum absolute atomic E-state index is 0.0476. The van der Waals surface area contributed by atoms with Gasteiger partial charge in [0, 0.05) is 18.0 Å². The summed E-state index contributed by atoms with van der Waals surface area (Å²) in [4.78, 5) is 37.7. The molecule has 0 atom stereocenters. The predicted octanol–water partition coefficient (Wildman–Crippen LogP) is 4.27. The predicted molar refractivity (Wildman–Crippen MR) is 96.5 cm³/mol. The lowest BCUT2D eigenvalue weighted by Crippen LogP contribution is -2.32. The van der Waals surface area contributed by atoms with Gasteiger partial charge in [0.1, 0.15) is 0 Å². The Hall–Kier alpha value is -2.08. The number of nitrogens with zero attached hydrogens (tertiary/aromatic N) is 1. The van der Waals surface area contributed by atoms with Crippen molar-refractivity contribution in [3.63, 3.8) is 0 Å². The Morgan fingerprint density at radius 2 is 1.72 bits per heavy atom. The van der Waals surface area contributed by atoms with Crippen LogP contribution in [0.2, 0.25) is 15.1 Å². The number of hydrogen-bond donors (Lipinski definition) is 1. The van der Waals surface area contributed by atoms with Crippen LogP contribution in [0.3, 0.4) is 0 Å². The molecule has 0 bridgehead atoms. The molecular weight excluding hydrogens is 387 g/mol. The number of benzene rings is 2. The molecule has 0 spiro atoms. The van der Waals surface area contributed by atoms with E-state index in [0.717, 1.165) is 4.90 Å². The lowest BCUT2D eigenvalue weighted by atomic mass is 10.1. The first kappa shape index (κ1) is 17.7. The van der Waals surface area contributed by atoms with E-state index >= 15 is 0 Å². The topological polar surface area (TPSA) is 66.5 Å². The fraction of sp³-hybridized carbons (Fsp3) is 0.118. The number of imide groups is 1. The molecule has 3 rings (SSSR count). The summed E-state index contributed by atoms with van der Waals surface area (Å²) >= 11 is 17.8. The van der Waals surface area contributed by atoms with E-state index in [1.807, 2.05) is 0 Å². The Labute approximate surface area is 158 Å². The van der Waals surface area contributed by atoms with Gasteiger partial charge in [0.05, 0.1) is 26.9 Å². The highest BCUT2D eigenvalue weighted by molar-refractivity contribution is 6.44. The monoisotopic (exact) mass is 396 g/mol. The number of nitrogens with one attached hydrogen (secondary N) is 1. The number of fused-ring (bicyclic) bond motifs is 1. The van der Waals surface area contributed by atoms with Crippen LogP contribution in [0.25, 0.3) is 0 Å². The zero-order chi connectivity index (χ0) is 18.1. The second kappa shape index (κ2) is 7.04. The minimum atomic E-state index is -0.462. The summed E-state index contributed by atoms with van der Waals surface area (Å²) in [6.45, 7) is -0.0476. The minimum Gasteiger partial charge on any atom is -0.325 e. The molecule has 128 valence electrons. The van der Waals surface area contributed by atoms with Crippen LogP contribution >= 0.6 is 34.8 Å². The van der Waals surface area contributed by atoms with Crippen molar-refractivity contribution in [2.75, 3.05) is 11.9 Å². The maximum Gasteiger partial charge on any atom is 0.261 e. The average molecular weight is 398 g/mol. The van der Waals surface area contributed by atoms with Crippen molar-refractivity contribution in [1.29, 1.82) is 0 Å². The van der Waals surface area contributed by atoms with Crippen LogP contribution < -0.4 is 5.32 Å². The molecule has 1 aliphatic heterocycles. The van der Waals surface area contributed by atoms with Gasteiger partial charge in [-0.2, -0.15) is 0 Å². The Balaban J connectivity index is 1.66. The summed E-state index contributed by atoms with van der Waals surface area (Å²) in [5, 5.41) is 3.53. The highest BCUT2D eigenvalue weighted by Crippen LogP contribution is 2.30. The lowest BCUT2D eigenvalue weighted by Gasteiger charge is -2.14. The van der Waals surface area contributed by atoms with Crippen molar-refractivity contribution in [2.45, 2.75) is 6.42 Å². The van der Waals surface area contributed by atoms with Crippen LogP contribution in [0, 0.1) is 0 Å². The largest absolute Gasteiger partial charge is 0.325 e. The van der Waals surface area contributed by atoms with Crippen LogP contribution in [0.15, 0.2) is 36.4 Å². The van der Waals surface area contributed by atoms with Crippen molar-refractivity contribution >= 4 is 58.2 Å². The number of carbonyl (C=O) groups is 3. The van der Waals surface area contributed by atoms with Gasteiger partial charge in [-0.3, -0.25) is 19.3 Å². The molecule has 25 heavy (non-hydrogen) atoms. The molecule has 0 saturated carbocycles. The molecule has 0 fully saturated rings. The van der Waals surface area contributed by atoms with Gasteiger partial charge in [-0.05, 0) is 30.3 Å². The van der Waals surface area contributed by atoms with Crippen molar-refractivity contribution in [3.05, 3.63) is 62.6 Å². The van der Waals surface area contributed by atoms with Gasteiger partial charge < -0.3 is 5.32 Å². The van der Waals surface area contributed by atoms with Crippen molar-refractivity contribution in [1.82, 2.24) is 4.90 Å². The van der Waals surface area contributed by atoms with Crippen LogP contribution in [-0.2, 0) is 4.79 Å². The zero-order valence-corrected chi connectivity index (χ0v) is 15.0. The molecule has 0 aliphatic carbocycles. The van der Waals surface area contributed by atoms with Gasteiger partial charge in [0.15, 0.2) is 0 Å². The number of amides is 3. The van der Waals surface area contributed by atoms with Crippen LogP contribution in [-0.4, -0.2) is 29.2 Å². The third-order valence-corrected chi connectivity index (χ3v) is 4.77. The van der Waals surface area contributed by atoms with E-state index in [1.54, 1.807) is 24.3 Å². The van der Waals surface area contributed by atoms with Gasteiger partial charge in [-0.25, -0.2) is 0 Å². The molecule has 5 nitrogen and oxygen atoms in total. The van der Waals surface area contributed by atoms with E-state index in [2.05, 4.69) is 5.32 Å². The summed E-state index contributed by atoms with van der Waals surface area (Å²) in [6.07, 6.45) is -0.0674. The number of halogens is 3. The van der Waals surface area contributed by atoms with Crippen LogP contribution in [0.5, 0.6) is 0 Å². The second-order valence-corrected chi connectivity index (χ2v) is 6.57. The highest BCUT2D eigenvalue weighted by atomic mass is 35.5. The molecule has 2 aromatic rings. The van der Waals surface area contributed by atoms with E-state index in [1.165, 1.54) is 12.1 Å². The standard InChI is InChI=1S/C17H11Cl3N2O3/c18-9-4-5-10-11(8-9)17(25)22(16(10)24)7-6-14(23)21-13-3-1-2-12(19)15(13)20/h1-5,8H,6-7H2,(H,21,23). The number of hydrogen-bond acceptors (Lipinski definition) is 3. The van der Waals surface area contributed by atoms with E-state index < -0.39 is 17.7 Å². The van der Waals surface area contributed by atoms with Crippen LogP contribution in [0.4, 0.5) is 5.69 Å². The van der Waals surface area contributed by atoms with Crippen molar-refractivity contribution < 1.29 is 14.4 Å². The smallest absolute Gasteiger partial charge is 0.261 e. The lowest BCUT2D eigenvalue weighted by molar-refractivity contribution is -0.116. The highest BCUT2D eigenvalue weighted by Gasteiger charge is 2.35. The van der Waals surface area contributed by atoms with Gasteiger partial charge in [0.2, 0.25) is 5.91 Å². The third kappa shape index (κ3) is 3.49. The molecule has 0 aromatic heterocycles. The Bertz CT molecular complexity index is 899. The molecule has 0 unspecified atom stereocenters. The van der Waals surface area contributed by atoms with E-state index in [4.69, 9.17) is 34.8 Å². The van der Waals surface area contributed by atoms with E-state index in [9.17, 15) is 14.4 Å². The Kier molecular flexibility index (Phi) is 4.99. The molecule has 3 amide bonds. The fourth-order valence-electron chi connectivity index (χ4n) is 2.49. The maximum atomic E-state index is 12.3. The summed E-state index contributed by atoms with van der Waals surface area (Å²) in [5.74, 6) is -1.29. The van der Waals surface area contributed by atoms with Gasteiger partial charge in [-0.15, -0.1) is 0 Å². The Morgan fingerprint density at radius 3 is 2.48 bits per heavy atom. The summed E-state index contributed by atoms with van der Waals surface area (Å²) in [5.41, 5.74) is 0.900. The first-order valence-corrected chi connectivity index (χ1v) is 8.41. The molecule has 0 saturated heterocycles. The SMILES string of the molecule is O=C(CCN1C(=O)c2ccc(Cl)cc2C1=O)Nc1cccc(Cl)c1Cl. The Morgan fingerprint density at radius 1 is 1.00 bits per heavy atom. The van der Waals surface area contributed by atoms with Gasteiger partial charge >= 0.3 is 0 Å². The van der Waals surface area contributed by atoms with Gasteiger partial charge in [0.25, 0.3) is 11.8 Å². The first-order valence-electron chi connectivity index (χ1n) is 7.28. The third-order valence-electron chi connectivity index (χ3n) is 3.72. The number of rotatable bonds is 4. The molecule has 2 aromatic carbocycles. The quantitative estimate of drug-likeness (QED) is 0.783.